The zero-order valence-corrected chi connectivity index (χ0v) is 9.12. The number of hydrogen-bond donors (Lipinski definition) is 0. The van der Waals surface area contributed by atoms with E-state index in [9.17, 15) is 0 Å². The first-order valence-electron chi connectivity index (χ1n) is 4.16. The largest absolute Gasteiger partial charge is 0.155 e. The van der Waals surface area contributed by atoms with Crippen LogP contribution in [-0.4, -0.2) is 11.0 Å². The van der Waals surface area contributed by atoms with E-state index in [1.165, 1.54) is 10.6 Å². The van der Waals surface area contributed by atoms with Crippen LogP contribution < -0.4 is 0 Å². The third-order valence-corrected chi connectivity index (χ3v) is 3.36. The van der Waals surface area contributed by atoms with Gasteiger partial charge in [0.05, 0.1) is 0 Å². The second-order valence-electron chi connectivity index (χ2n) is 2.53. The summed E-state index contributed by atoms with van der Waals surface area (Å²) in [6.45, 7) is 4.43. The van der Waals surface area contributed by atoms with Crippen LogP contribution in [0.3, 0.4) is 0 Å². The lowest BCUT2D eigenvalue weighted by Crippen LogP contribution is -1.88. The average Bonchev–Trinajstić information content (AvgIpc) is 2.53. The van der Waals surface area contributed by atoms with Crippen LogP contribution in [0.1, 0.15) is 18.7 Å². The van der Waals surface area contributed by atoms with E-state index >= 15 is 0 Å². The number of rotatable bonds is 4. The third kappa shape index (κ3) is 3.46. The van der Waals surface area contributed by atoms with Gasteiger partial charge in [-0.2, -0.15) is 11.8 Å². The van der Waals surface area contributed by atoms with Gasteiger partial charge in [-0.15, -0.1) is 11.3 Å². The standard InChI is InChI=1S/C10H14S2/c1-3-11-9(2)6-7-10-5-4-8-12-10/h4-9H,3H2,1-2H3/b7-6+. The molecule has 0 radical (unpaired) electrons. The Balaban J connectivity index is 2.40. The summed E-state index contributed by atoms with van der Waals surface area (Å²) in [6.07, 6.45) is 4.47. The van der Waals surface area contributed by atoms with Gasteiger partial charge in [0.15, 0.2) is 0 Å². The lowest BCUT2D eigenvalue weighted by atomic mass is 10.3. The molecule has 1 atom stereocenters. The molecule has 1 aromatic heterocycles. The molecule has 66 valence electrons. The van der Waals surface area contributed by atoms with Crippen molar-refractivity contribution in [3.05, 3.63) is 28.5 Å². The molecule has 1 rings (SSSR count). The maximum Gasteiger partial charge on any atom is 0.0267 e. The van der Waals surface area contributed by atoms with E-state index in [1.807, 2.05) is 11.8 Å². The van der Waals surface area contributed by atoms with Crippen molar-refractivity contribution in [2.75, 3.05) is 5.75 Å². The molecule has 1 heterocycles. The minimum absolute atomic E-state index is 0.636. The summed E-state index contributed by atoms with van der Waals surface area (Å²) in [7, 11) is 0. The Labute approximate surface area is 82.7 Å². The van der Waals surface area contributed by atoms with Gasteiger partial charge in [-0.3, -0.25) is 0 Å². The number of hydrogen-bond acceptors (Lipinski definition) is 2. The van der Waals surface area contributed by atoms with Crippen LogP contribution in [0.15, 0.2) is 23.6 Å². The molecule has 0 spiro atoms. The van der Waals surface area contributed by atoms with Gasteiger partial charge in [0, 0.05) is 10.1 Å². The molecule has 0 saturated heterocycles. The first kappa shape index (κ1) is 9.87. The van der Waals surface area contributed by atoms with E-state index < -0.39 is 0 Å². The topological polar surface area (TPSA) is 0 Å². The smallest absolute Gasteiger partial charge is 0.0267 e. The summed E-state index contributed by atoms with van der Waals surface area (Å²) in [5.74, 6) is 1.19. The molecular weight excluding hydrogens is 184 g/mol. The van der Waals surface area contributed by atoms with E-state index in [2.05, 4.69) is 43.5 Å². The summed E-state index contributed by atoms with van der Waals surface area (Å²) in [5.41, 5.74) is 0. The van der Waals surface area contributed by atoms with Crippen LogP contribution in [0.4, 0.5) is 0 Å². The Kier molecular flexibility index (Phi) is 4.48. The molecular formula is C10H14S2. The first-order chi connectivity index (χ1) is 5.83. The van der Waals surface area contributed by atoms with Crippen molar-refractivity contribution in [1.29, 1.82) is 0 Å². The van der Waals surface area contributed by atoms with Crippen LogP contribution in [0.2, 0.25) is 0 Å². The molecule has 0 amide bonds. The van der Waals surface area contributed by atoms with Gasteiger partial charge in [-0.25, -0.2) is 0 Å². The van der Waals surface area contributed by atoms with Gasteiger partial charge in [0.1, 0.15) is 0 Å². The molecule has 0 N–H and O–H groups in total. The van der Waals surface area contributed by atoms with Crippen molar-refractivity contribution < 1.29 is 0 Å². The highest BCUT2D eigenvalue weighted by Crippen LogP contribution is 2.15. The summed E-state index contributed by atoms with van der Waals surface area (Å²) in [5, 5.41) is 2.74. The van der Waals surface area contributed by atoms with E-state index in [4.69, 9.17) is 0 Å². The van der Waals surface area contributed by atoms with Gasteiger partial charge in [0.25, 0.3) is 0 Å². The molecule has 0 aliphatic rings. The third-order valence-electron chi connectivity index (χ3n) is 1.50. The fourth-order valence-electron chi connectivity index (χ4n) is 0.935. The molecule has 1 unspecified atom stereocenters. The van der Waals surface area contributed by atoms with Gasteiger partial charge in [0.2, 0.25) is 0 Å². The molecule has 0 aliphatic heterocycles. The van der Waals surface area contributed by atoms with E-state index in [1.54, 1.807) is 11.3 Å². The van der Waals surface area contributed by atoms with E-state index in [0.717, 1.165) is 0 Å². The van der Waals surface area contributed by atoms with Crippen LogP contribution in [0.5, 0.6) is 0 Å². The van der Waals surface area contributed by atoms with Crippen LogP contribution in [0.25, 0.3) is 6.08 Å². The predicted octanol–water partition coefficient (Wildman–Crippen LogP) is 3.90. The van der Waals surface area contributed by atoms with E-state index in [0.29, 0.717) is 5.25 Å². The molecule has 0 aromatic carbocycles. The Morgan fingerprint density at radius 1 is 1.67 bits per heavy atom. The normalized spacial score (nSPS) is 13.8. The Morgan fingerprint density at radius 3 is 3.08 bits per heavy atom. The summed E-state index contributed by atoms with van der Waals surface area (Å²) in [4.78, 5) is 1.35. The highest BCUT2D eigenvalue weighted by Gasteiger charge is 1.93. The van der Waals surface area contributed by atoms with E-state index in [-0.39, 0.29) is 0 Å². The maximum absolute atomic E-state index is 2.26. The van der Waals surface area contributed by atoms with Crippen LogP contribution >= 0.6 is 23.1 Å². The maximum atomic E-state index is 2.26. The molecule has 0 nitrogen and oxygen atoms in total. The predicted molar refractivity (Wildman–Crippen MR) is 60.9 cm³/mol. The Morgan fingerprint density at radius 2 is 2.50 bits per heavy atom. The molecule has 12 heavy (non-hydrogen) atoms. The SMILES string of the molecule is CCSC(C)/C=C/c1cccs1. The Bertz CT molecular complexity index is 224. The molecule has 0 aliphatic carbocycles. The van der Waals surface area contributed by atoms with Crippen molar-refractivity contribution in [1.82, 2.24) is 0 Å². The van der Waals surface area contributed by atoms with Crippen molar-refractivity contribution in [2.24, 2.45) is 0 Å². The van der Waals surface area contributed by atoms with Gasteiger partial charge in [-0.1, -0.05) is 19.1 Å². The highest BCUT2D eigenvalue weighted by atomic mass is 32.2. The fraction of sp³-hybridized carbons (Fsp3) is 0.400. The second kappa shape index (κ2) is 5.44. The zero-order valence-electron chi connectivity index (χ0n) is 7.49. The fourth-order valence-corrected chi connectivity index (χ4v) is 2.28. The van der Waals surface area contributed by atoms with Crippen LogP contribution in [-0.2, 0) is 0 Å². The van der Waals surface area contributed by atoms with Gasteiger partial charge in [-0.05, 0) is 30.2 Å². The lowest BCUT2D eigenvalue weighted by Gasteiger charge is -2.01. The average molecular weight is 198 g/mol. The second-order valence-corrected chi connectivity index (χ2v) is 5.17. The minimum atomic E-state index is 0.636. The van der Waals surface area contributed by atoms with Crippen molar-refractivity contribution in [3.63, 3.8) is 0 Å². The summed E-state index contributed by atoms with van der Waals surface area (Å²) < 4.78 is 0. The van der Waals surface area contributed by atoms with Gasteiger partial charge >= 0.3 is 0 Å². The van der Waals surface area contributed by atoms with Crippen molar-refractivity contribution in [2.45, 2.75) is 19.1 Å². The Hall–Kier alpha value is -0.210. The molecule has 0 fully saturated rings. The first-order valence-corrected chi connectivity index (χ1v) is 6.09. The summed E-state index contributed by atoms with van der Waals surface area (Å²) >= 11 is 3.76. The monoisotopic (exact) mass is 198 g/mol. The molecule has 0 bridgehead atoms. The molecule has 0 saturated carbocycles. The number of thiophene rings is 1. The van der Waals surface area contributed by atoms with Crippen LogP contribution in [0, 0.1) is 0 Å². The molecule has 1 aromatic rings. The van der Waals surface area contributed by atoms with Gasteiger partial charge < -0.3 is 0 Å². The van der Waals surface area contributed by atoms with Crippen molar-refractivity contribution >= 4 is 29.2 Å². The number of thioether (sulfide) groups is 1. The molecule has 2 heteroatoms. The lowest BCUT2D eigenvalue weighted by molar-refractivity contribution is 1.25. The zero-order chi connectivity index (χ0) is 8.81. The quantitative estimate of drug-likeness (QED) is 0.707. The minimum Gasteiger partial charge on any atom is -0.155 e. The highest BCUT2D eigenvalue weighted by molar-refractivity contribution is 8.00. The summed E-state index contributed by atoms with van der Waals surface area (Å²) in [6, 6.07) is 4.23. The van der Waals surface area contributed by atoms with Crippen molar-refractivity contribution in [3.8, 4) is 0 Å².